The fourth-order valence-electron chi connectivity index (χ4n) is 1.46. The molecule has 0 atom stereocenters. The Morgan fingerprint density at radius 1 is 1.40 bits per heavy atom. The summed E-state index contributed by atoms with van der Waals surface area (Å²) in [6.07, 6.45) is 1.04. The Bertz CT molecular complexity index is 375. The number of hydrogen-bond acceptors (Lipinski definition) is 4. The topological polar surface area (TPSA) is 74.7 Å². The SMILES string of the molecule is CC1(O)CN(C(=O)C(C)(C)S(C)(=O)=O)C1. The highest BCUT2D eigenvalue weighted by molar-refractivity contribution is 7.92. The van der Waals surface area contributed by atoms with E-state index in [1.54, 1.807) is 6.92 Å². The fourth-order valence-corrected chi connectivity index (χ4v) is 1.91. The third-order valence-electron chi connectivity index (χ3n) is 2.79. The Morgan fingerprint density at radius 3 is 2.07 bits per heavy atom. The molecule has 6 heteroatoms. The van der Waals surface area contributed by atoms with Gasteiger partial charge in [-0.1, -0.05) is 0 Å². The van der Waals surface area contributed by atoms with Gasteiger partial charge in [0.25, 0.3) is 0 Å². The zero-order valence-electron chi connectivity index (χ0n) is 9.44. The number of carbonyl (C=O) groups excluding carboxylic acids is 1. The molecule has 1 saturated heterocycles. The van der Waals surface area contributed by atoms with Crippen molar-refractivity contribution in [2.45, 2.75) is 31.1 Å². The first kappa shape index (κ1) is 12.4. The van der Waals surface area contributed by atoms with Gasteiger partial charge in [-0.3, -0.25) is 4.79 Å². The van der Waals surface area contributed by atoms with Crippen molar-refractivity contribution in [2.24, 2.45) is 0 Å². The summed E-state index contributed by atoms with van der Waals surface area (Å²) in [7, 11) is -3.43. The van der Waals surface area contributed by atoms with E-state index < -0.39 is 26.1 Å². The lowest BCUT2D eigenvalue weighted by Crippen LogP contribution is -2.66. The molecule has 1 aliphatic heterocycles. The van der Waals surface area contributed by atoms with Crippen LogP contribution in [0, 0.1) is 0 Å². The van der Waals surface area contributed by atoms with Gasteiger partial charge in [0.15, 0.2) is 9.84 Å². The lowest BCUT2D eigenvalue weighted by molar-refractivity contribution is -0.154. The fraction of sp³-hybridized carbons (Fsp3) is 0.889. The van der Waals surface area contributed by atoms with Crippen LogP contribution in [0.5, 0.6) is 0 Å². The second-order valence-electron chi connectivity index (χ2n) is 4.94. The maximum absolute atomic E-state index is 11.8. The molecule has 0 unspecified atom stereocenters. The van der Waals surface area contributed by atoms with Gasteiger partial charge >= 0.3 is 0 Å². The maximum Gasteiger partial charge on any atom is 0.243 e. The van der Waals surface area contributed by atoms with E-state index in [0.717, 1.165) is 6.26 Å². The summed E-state index contributed by atoms with van der Waals surface area (Å²) in [6.45, 7) is 4.79. The van der Waals surface area contributed by atoms with E-state index in [1.807, 2.05) is 0 Å². The zero-order valence-corrected chi connectivity index (χ0v) is 10.3. The smallest absolute Gasteiger partial charge is 0.243 e. The molecule has 0 bridgehead atoms. The van der Waals surface area contributed by atoms with Crippen LogP contribution in [0.25, 0.3) is 0 Å². The Labute approximate surface area is 90.0 Å². The number of β-amino-alcohol motifs (C(OH)–C–C–N with tert-alkyl or cyclic N) is 1. The maximum atomic E-state index is 11.8. The van der Waals surface area contributed by atoms with Crippen LogP contribution in [0.2, 0.25) is 0 Å². The van der Waals surface area contributed by atoms with Crippen molar-refractivity contribution in [2.75, 3.05) is 19.3 Å². The third kappa shape index (κ3) is 2.15. The van der Waals surface area contributed by atoms with Gasteiger partial charge < -0.3 is 10.0 Å². The van der Waals surface area contributed by atoms with Crippen LogP contribution < -0.4 is 0 Å². The molecule has 1 fully saturated rings. The Kier molecular flexibility index (Phi) is 2.64. The molecular weight excluding hydrogens is 218 g/mol. The highest BCUT2D eigenvalue weighted by Gasteiger charge is 2.48. The largest absolute Gasteiger partial charge is 0.386 e. The van der Waals surface area contributed by atoms with Gasteiger partial charge in [-0.15, -0.1) is 0 Å². The van der Waals surface area contributed by atoms with Crippen molar-refractivity contribution in [3.8, 4) is 0 Å². The first-order valence-electron chi connectivity index (χ1n) is 4.69. The third-order valence-corrected chi connectivity index (χ3v) is 4.82. The van der Waals surface area contributed by atoms with Crippen LogP contribution in [0.4, 0.5) is 0 Å². The minimum absolute atomic E-state index is 0.199. The van der Waals surface area contributed by atoms with E-state index in [9.17, 15) is 18.3 Å². The molecule has 0 aromatic rings. The molecule has 15 heavy (non-hydrogen) atoms. The molecule has 88 valence electrons. The standard InChI is InChI=1S/C9H17NO4S/c1-8(2,15(4,13)14)7(11)10-5-9(3,12)6-10/h12H,5-6H2,1-4H3. The summed E-state index contributed by atoms with van der Waals surface area (Å²) in [5.74, 6) is -0.448. The van der Waals surface area contributed by atoms with E-state index >= 15 is 0 Å². The molecule has 0 radical (unpaired) electrons. The van der Waals surface area contributed by atoms with E-state index in [4.69, 9.17) is 0 Å². The number of rotatable bonds is 2. The lowest BCUT2D eigenvalue weighted by Gasteiger charge is -2.46. The van der Waals surface area contributed by atoms with Crippen LogP contribution in [-0.4, -0.2) is 54.0 Å². The van der Waals surface area contributed by atoms with E-state index in [1.165, 1.54) is 18.7 Å². The second-order valence-corrected chi connectivity index (χ2v) is 7.51. The molecule has 0 aromatic carbocycles. The molecule has 1 heterocycles. The summed E-state index contributed by atoms with van der Waals surface area (Å²) >= 11 is 0. The minimum atomic E-state index is -3.43. The van der Waals surface area contributed by atoms with Crippen LogP contribution in [-0.2, 0) is 14.6 Å². The molecule has 0 saturated carbocycles. The molecule has 5 nitrogen and oxygen atoms in total. The van der Waals surface area contributed by atoms with Crippen molar-refractivity contribution >= 4 is 15.7 Å². The quantitative estimate of drug-likeness (QED) is 0.693. The highest BCUT2D eigenvalue weighted by atomic mass is 32.2. The molecule has 0 aromatic heterocycles. The number of hydrogen-bond donors (Lipinski definition) is 1. The van der Waals surface area contributed by atoms with E-state index in [0.29, 0.717) is 0 Å². The summed E-state index contributed by atoms with van der Waals surface area (Å²) < 4.78 is 21.4. The monoisotopic (exact) mass is 235 g/mol. The van der Waals surface area contributed by atoms with Crippen LogP contribution in [0.3, 0.4) is 0 Å². The molecule has 1 N–H and O–H groups in total. The van der Waals surface area contributed by atoms with Gasteiger partial charge in [-0.25, -0.2) is 8.42 Å². The summed E-state index contributed by atoms with van der Waals surface area (Å²) in [6, 6.07) is 0. The predicted octanol–water partition coefficient (Wildman–Crippen LogP) is -0.597. The van der Waals surface area contributed by atoms with Crippen LogP contribution >= 0.6 is 0 Å². The average Bonchev–Trinajstić information content (AvgIpc) is 1.96. The first-order chi connectivity index (χ1) is 6.47. The van der Waals surface area contributed by atoms with Gasteiger partial charge in [0, 0.05) is 6.26 Å². The van der Waals surface area contributed by atoms with Crippen molar-refractivity contribution < 1.29 is 18.3 Å². The van der Waals surface area contributed by atoms with Gasteiger partial charge in [0.05, 0.1) is 18.7 Å². The molecule has 0 aliphatic carbocycles. The Hall–Kier alpha value is -0.620. The molecule has 1 amide bonds. The average molecular weight is 235 g/mol. The first-order valence-corrected chi connectivity index (χ1v) is 6.58. The summed E-state index contributed by atoms with van der Waals surface area (Å²) in [5.41, 5.74) is -0.872. The van der Waals surface area contributed by atoms with Crippen molar-refractivity contribution in [1.29, 1.82) is 0 Å². The second kappa shape index (κ2) is 3.18. The van der Waals surface area contributed by atoms with Crippen LogP contribution in [0.15, 0.2) is 0 Å². The highest BCUT2D eigenvalue weighted by Crippen LogP contribution is 2.26. The summed E-state index contributed by atoms with van der Waals surface area (Å²) in [5, 5.41) is 9.46. The zero-order chi connectivity index (χ0) is 12.1. The predicted molar refractivity (Wildman–Crippen MR) is 56.1 cm³/mol. The van der Waals surface area contributed by atoms with E-state index in [-0.39, 0.29) is 13.1 Å². The molecule has 1 aliphatic rings. The molecule has 0 spiro atoms. The number of likely N-dealkylation sites (tertiary alicyclic amines) is 1. The summed E-state index contributed by atoms with van der Waals surface area (Å²) in [4.78, 5) is 13.2. The van der Waals surface area contributed by atoms with Gasteiger partial charge in [0.1, 0.15) is 4.75 Å². The number of carbonyl (C=O) groups is 1. The van der Waals surface area contributed by atoms with Gasteiger partial charge in [-0.2, -0.15) is 0 Å². The lowest BCUT2D eigenvalue weighted by atomic mass is 9.95. The van der Waals surface area contributed by atoms with Crippen molar-refractivity contribution in [3.63, 3.8) is 0 Å². The van der Waals surface area contributed by atoms with Gasteiger partial charge in [-0.05, 0) is 20.8 Å². The molecule has 1 rings (SSSR count). The van der Waals surface area contributed by atoms with Crippen LogP contribution in [0.1, 0.15) is 20.8 Å². The number of sulfone groups is 1. The van der Waals surface area contributed by atoms with Crippen molar-refractivity contribution in [1.82, 2.24) is 4.90 Å². The number of aliphatic hydroxyl groups is 1. The normalized spacial score (nSPS) is 21.0. The Balaban J connectivity index is 2.80. The number of nitrogens with zero attached hydrogens (tertiary/aromatic N) is 1. The van der Waals surface area contributed by atoms with Gasteiger partial charge in [0.2, 0.25) is 5.91 Å². The minimum Gasteiger partial charge on any atom is -0.386 e. The molecular formula is C9H17NO4S. The van der Waals surface area contributed by atoms with E-state index in [2.05, 4.69) is 0 Å². The number of amides is 1. The van der Waals surface area contributed by atoms with Crippen molar-refractivity contribution in [3.05, 3.63) is 0 Å². The Morgan fingerprint density at radius 2 is 1.80 bits per heavy atom.